The second kappa shape index (κ2) is 12.2. The monoisotopic (exact) mass is 283 g/mol. The molecule has 118 valence electrons. The molecule has 0 amide bonds. The van der Waals surface area contributed by atoms with E-state index in [9.17, 15) is 4.79 Å². The van der Waals surface area contributed by atoms with Crippen LogP contribution in [-0.4, -0.2) is 25.7 Å². The van der Waals surface area contributed by atoms with Crippen molar-refractivity contribution in [3.05, 3.63) is 0 Å². The van der Waals surface area contributed by atoms with Gasteiger partial charge >= 0.3 is 5.97 Å². The zero-order chi connectivity index (χ0) is 14.5. The summed E-state index contributed by atoms with van der Waals surface area (Å²) in [5.41, 5.74) is 0. The highest BCUT2D eigenvalue weighted by Crippen LogP contribution is 2.16. The van der Waals surface area contributed by atoms with Gasteiger partial charge in [-0.2, -0.15) is 0 Å². The maximum absolute atomic E-state index is 11.1. The summed E-state index contributed by atoms with van der Waals surface area (Å²) < 4.78 is 4.67. The third-order valence-electron chi connectivity index (χ3n) is 4.32. The number of carbonyl (C=O) groups excluding carboxylic acids is 1. The Morgan fingerprint density at radius 3 is 1.95 bits per heavy atom. The van der Waals surface area contributed by atoms with Crippen molar-refractivity contribution in [2.24, 2.45) is 0 Å². The van der Waals surface area contributed by atoms with Crippen molar-refractivity contribution in [3.8, 4) is 0 Å². The second-order valence-electron chi connectivity index (χ2n) is 6.09. The molecule has 0 bridgehead atoms. The van der Waals surface area contributed by atoms with Gasteiger partial charge in [-0.15, -0.1) is 0 Å². The molecule has 1 saturated carbocycles. The number of ether oxygens (including phenoxy) is 1. The third-order valence-corrected chi connectivity index (χ3v) is 4.32. The van der Waals surface area contributed by atoms with Crippen LogP contribution < -0.4 is 5.32 Å². The largest absolute Gasteiger partial charge is 0.469 e. The fourth-order valence-electron chi connectivity index (χ4n) is 3.01. The Hall–Kier alpha value is -0.570. The number of methoxy groups -OCH3 is 1. The predicted molar refractivity (Wildman–Crippen MR) is 83.8 cm³/mol. The lowest BCUT2D eigenvalue weighted by Gasteiger charge is -2.19. The first-order valence-electron chi connectivity index (χ1n) is 8.63. The summed E-state index contributed by atoms with van der Waals surface area (Å²) in [4.78, 5) is 11.1. The Morgan fingerprint density at radius 2 is 1.45 bits per heavy atom. The molecule has 20 heavy (non-hydrogen) atoms. The van der Waals surface area contributed by atoms with E-state index in [2.05, 4.69) is 10.1 Å². The van der Waals surface area contributed by atoms with Crippen molar-refractivity contribution in [3.63, 3.8) is 0 Å². The highest BCUT2D eigenvalue weighted by molar-refractivity contribution is 5.69. The lowest BCUT2D eigenvalue weighted by atomic mass is 9.98. The van der Waals surface area contributed by atoms with E-state index in [-0.39, 0.29) is 5.97 Å². The fraction of sp³-hybridized carbons (Fsp3) is 0.941. The van der Waals surface area contributed by atoms with Crippen LogP contribution in [-0.2, 0) is 9.53 Å². The van der Waals surface area contributed by atoms with Crippen LogP contribution in [0.15, 0.2) is 0 Å². The Balaban J connectivity index is 2.16. The molecule has 1 aliphatic carbocycles. The molecule has 0 aliphatic heterocycles. The quantitative estimate of drug-likeness (QED) is 0.607. The summed E-state index contributed by atoms with van der Waals surface area (Å²) in [5, 5.41) is 3.65. The average molecular weight is 283 g/mol. The van der Waals surface area contributed by atoms with Crippen LogP contribution in [0.4, 0.5) is 0 Å². The summed E-state index contributed by atoms with van der Waals surface area (Å²) in [6.07, 6.45) is 16.6. The molecule has 0 heterocycles. The van der Waals surface area contributed by atoms with Crippen molar-refractivity contribution in [2.45, 2.75) is 89.5 Å². The first-order chi connectivity index (χ1) is 9.83. The number of nitrogens with one attached hydrogen (secondary N) is 1. The Kier molecular flexibility index (Phi) is 10.7. The van der Waals surface area contributed by atoms with E-state index in [1.807, 2.05) is 0 Å². The fourth-order valence-corrected chi connectivity index (χ4v) is 3.01. The molecule has 1 aliphatic rings. The molecular weight excluding hydrogens is 250 g/mol. The predicted octanol–water partition coefficient (Wildman–Crippen LogP) is 4.20. The Bertz CT molecular complexity index is 231. The summed E-state index contributed by atoms with van der Waals surface area (Å²) in [6, 6.07) is 0.659. The smallest absolute Gasteiger partial charge is 0.305 e. The minimum absolute atomic E-state index is 0.0921. The summed E-state index contributed by atoms with van der Waals surface area (Å²) in [7, 11) is 1.46. The molecule has 0 aromatic heterocycles. The van der Waals surface area contributed by atoms with E-state index in [4.69, 9.17) is 0 Å². The molecule has 0 saturated heterocycles. The first kappa shape index (κ1) is 17.5. The van der Waals surface area contributed by atoms with Gasteiger partial charge in [-0.1, -0.05) is 57.8 Å². The minimum Gasteiger partial charge on any atom is -0.469 e. The Morgan fingerprint density at radius 1 is 0.950 bits per heavy atom. The van der Waals surface area contributed by atoms with Crippen molar-refractivity contribution in [1.82, 2.24) is 5.32 Å². The zero-order valence-electron chi connectivity index (χ0n) is 13.3. The van der Waals surface area contributed by atoms with Crippen molar-refractivity contribution in [2.75, 3.05) is 13.7 Å². The summed E-state index contributed by atoms with van der Waals surface area (Å²) >= 11 is 0. The summed E-state index contributed by atoms with van der Waals surface area (Å²) in [6.45, 7) is 0.944. The van der Waals surface area contributed by atoms with Crippen LogP contribution >= 0.6 is 0 Å². The van der Waals surface area contributed by atoms with Gasteiger partial charge < -0.3 is 10.1 Å². The molecule has 0 aromatic rings. The van der Waals surface area contributed by atoms with Crippen LogP contribution in [0, 0.1) is 0 Å². The number of hydrogen-bond donors (Lipinski definition) is 1. The molecule has 0 unspecified atom stereocenters. The lowest BCUT2D eigenvalue weighted by Crippen LogP contribution is -2.30. The maximum Gasteiger partial charge on any atom is 0.305 e. The van der Waals surface area contributed by atoms with E-state index >= 15 is 0 Å². The number of carbonyl (C=O) groups is 1. The normalized spacial score (nSPS) is 19.9. The molecule has 0 radical (unpaired) electrons. The van der Waals surface area contributed by atoms with Gasteiger partial charge in [0, 0.05) is 12.5 Å². The highest BCUT2D eigenvalue weighted by atomic mass is 16.5. The third kappa shape index (κ3) is 9.35. The van der Waals surface area contributed by atoms with Crippen LogP contribution in [0.3, 0.4) is 0 Å². The van der Waals surface area contributed by atoms with E-state index in [1.54, 1.807) is 0 Å². The topological polar surface area (TPSA) is 38.3 Å². The van der Waals surface area contributed by atoms with Crippen molar-refractivity contribution >= 4 is 5.97 Å². The molecular formula is C17H33NO2. The van der Waals surface area contributed by atoms with Gasteiger partial charge in [0.1, 0.15) is 0 Å². The first-order valence-corrected chi connectivity index (χ1v) is 8.63. The molecule has 3 nitrogen and oxygen atoms in total. The number of hydrogen-bond acceptors (Lipinski definition) is 3. The molecule has 1 fully saturated rings. The van der Waals surface area contributed by atoms with Gasteiger partial charge in [0.05, 0.1) is 7.11 Å². The SMILES string of the molecule is COC(=O)CCCNC1CCCCCCCCCCC1. The molecule has 0 aromatic carbocycles. The number of esters is 1. The van der Waals surface area contributed by atoms with E-state index < -0.39 is 0 Å². The van der Waals surface area contributed by atoms with Gasteiger partial charge in [-0.3, -0.25) is 4.79 Å². The van der Waals surface area contributed by atoms with Gasteiger partial charge in [-0.05, 0) is 25.8 Å². The molecule has 0 atom stereocenters. The van der Waals surface area contributed by atoms with Gasteiger partial charge in [0.15, 0.2) is 0 Å². The Labute approximate surface area is 124 Å². The second-order valence-corrected chi connectivity index (χ2v) is 6.09. The molecule has 3 heteroatoms. The molecule has 1 N–H and O–H groups in total. The van der Waals surface area contributed by atoms with E-state index in [0.29, 0.717) is 12.5 Å². The van der Waals surface area contributed by atoms with Crippen LogP contribution in [0.1, 0.15) is 83.5 Å². The average Bonchev–Trinajstić information content (AvgIpc) is 2.45. The lowest BCUT2D eigenvalue weighted by molar-refractivity contribution is -0.140. The van der Waals surface area contributed by atoms with Gasteiger partial charge in [-0.25, -0.2) is 0 Å². The van der Waals surface area contributed by atoms with E-state index in [1.165, 1.54) is 77.7 Å². The zero-order valence-corrected chi connectivity index (χ0v) is 13.3. The van der Waals surface area contributed by atoms with Crippen molar-refractivity contribution < 1.29 is 9.53 Å². The van der Waals surface area contributed by atoms with Gasteiger partial charge in [0.2, 0.25) is 0 Å². The highest BCUT2D eigenvalue weighted by Gasteiger charge is 2.09. The van der Waals surface area contributed by atoms with Gasteiger partial charge in [0.25, 0.3) is 0 Å². The van der Waals surface area contributed by atoms with Crippen molar-refractivity contribution in [1.29, 1.82) is 0 Å². The molecule has 1 rings (SSSR count). The minimum atomic E-state index is -0.0921. The molecule has 0 spiro atoms. The summed E-state index contributed by atoms with van der Waals surface area (Å²) in [5.74, 6) is -0.0921. The standard InChI is InChI=1S/C17H33NO2/c1-20-17(19)14-11-15-18-16-12-9-7-5-3-2-4-6-8-10-13-16/h16,18H,2-15H2,1H3. The van der Waals surface area contributed by atoms with E-state index in [0.717, 1.165) is 13.0 Å². The number of rotatable bonds is 5. The van der Waals surface area contributed by atoms with Crippen LogP contribution in [0.5, 0.6) is 0 Å². The van der Waals surface area contributed by atoms with Crippen LogP contribution in [0.25, 0.3) is 0 Å². The van der Waals surface area contributed by atoms with Crippen LogP contribution in [0.2, 0.25) is 0 Å². The maximum atomic E-state index is 11.1.